The third kappa shape index (κ3) is 4.48. The number of hydrogen-bond acceptors (Lipinski definition) is 3. The number of benzene rings is 2. The number of alkyl halides is 3. The van der Waals surface area contributed by atoms with Gasteiger partial charge in [-0.25, -0.2) is 4.79 Å². The van der Waals surface area contributed by atoms with E-state index < -0.39 is 29.1 Å². The molecule has 1 aliphatic carbocycles. The lowest BCUT2D eigenvalue weighted by molar-refractivity contribution is -0.139. The van der Waals surface area contributed by atoms with E-state index in [1.165, 1.54) is 0 Å². The van der Waals surface area contributed by atoms with Crippen molar-refractivity contribution in [3.05, 3.63) is 59.7 Å². The number of rotatable bonds is 4. The molecule has 0 radical (unpaired) electrons. The van der Waals surface area contributed by atoms with Crippen LogP contribution in [-0.2, 0) is 6.18 Å². The van der Waals surface area contributed by atoms with Crippen molar-refractivity contribution in [3.63, 3.8) is 0 Å². The van der Waals surface area contributed by atoms with Gasteiger partial charge < -0.3 is 9.47 Å². The molecule has 6 heteroatoms. The zero-order chi connectivity index (χ0) is 20.2. The van der Waals surface area contributed by atoms with Gasteiger partial charge in [0, 0.05) is 0 Å². The van der Waals surface area contributed by atoms with Crippen molar-refractivity contribution in [2.75, 3.05) is 0 Å². The maximum atomic E-state index is 13.5. The predicted octanol–water partition coefficient (Wildman–Crippen LogP) is 5.64. The number of carbonyl (C=O) groups excluding carboxylic acids is 1. The largest absolute Gasteiger partial charge is 0.474 e. The smallest absolute Gasteiger partial charge is 0.419 e. The van der Waals surface area contributed by atoms with Gasteiger partial charge in [0.05, 0.1) is 11.1 Å². The molecular weight excluding hydrogens is 369 g/mol. The van der Waals surface area contributed by atoms with E-state index in [0.29, 0.717) is 18.6 Å². The summed E-state index contributed by atoms with van der Waals surface area (Å²) in [6.45, 7) is 1.63. The van der Waals surface area contributed by atoms with E-state index >= 15 is 0 Å². The lowest BCUT2D eigenvalue weighted by atomic mass is 10.0. The zero-order valence-corrected chi connectivity index (χ0v) is 15.3. The number of para-hydroxylation sites is 1. The van der Waals surface area contributed by atoms with Crippen molar-refractivity contribution < 1.29 is 27.4 Å². The highest BCUT2D eigenvalue weighted by molar-refractivity contribution is 5.91. The molecule has 0 atom stereocenters. The van der Waals surface area contributed by atoms with Gasteiger partial charge >= 0.3 is 12.1 Å². The van der Waals surface area contributed by atoms with Gasteiger partial charge in [0.15, 0.2) is 5.60 Å². The lowest BCUT2D eigenvalue weighted by Crippen LogP contribution is -2.31. The Hall–Kier alpha value is -2.94. The average Bonchev–Trinajstić information content (AvgIpc) is 3.10. The van der Waals surface area contributed by atoms with E-state index in [9.17, 15) is 18.0 Å². The molecule has 0 N–H and O–H groups in total. The zero-order valence-electron chi connectivity index (χ0n) is 15.3. The molecule has 1 saturated carbocycles. The fraction of sp³-hybridized carbons (Fsp3) is 0.318. The van der Waals surface area contributed by atoms with E-state index in [1.807, 2.05) is 0 Å². The van der Waals surface area contributed by atoms with Crippen LogP contribution in [0.15, 0.2) is 48.5 Å². The second kappa shape index (κ2) is 7.97. The van der Waals surface area contributed by atoms with E-state index in [-0.39, 0.29) is 5.56 Å². The van der Waals surface area contributed by atoms with Crippen molar-refractivity contribution in [1.29, 1.82) is 0 Å². The minimum Gasteiger partial charge on any atom is -0.474 e. The monoisotopic (exact) mass is 388 g/mol. The van der Waals surface area contributed by atoms with E-state index in [1.54, 1.807) is 37.3 Å². The molecule has 3 rings (SSSR count). The van der Waals surface area contributed by atoms with Gasteiger partial charge in [-0.2, -0.15) is 13.2 Å². The van der Waals surface area contributed by atoms with Crippen molar-refractivity contribution in [2.45, 2.75) is 44.4 Å². The highest BCUT2D eigenvalue weighted by atomic mass is 19.4. The second-order valence-electron chi connectivity index (χ2n) is 6.59. The minimum absolute atomic E-state index is 0.0237. The van der Waals surface area contributed by atoms with E-state index in [2.05, 4.69) is 11.8 Å². The Morgan fingerprint density at radius 1 is 1.07 bits per heavy atom. The maximum absolute atomic E-state index is 13.5. The molecule has 0 saturated heterocycles. The first kappa shape index (κ1) is 19.8. The first-order chi connectivity index (χ1) is 13.3. The number of ether oxygens (including phenoxy) is 2. The quantitative estimate of drug-likeness (QED) is 0.386. The first-order valence-electron chi connectivity index (χ1n) is 8.94. The van der Waals surface area contributed by atoms with Gasteiger partial charge in [-0.05, 0) is 62.9 Å². The molecule has 146 valence electrons. The molecule has 28 heavy (non-hydrogen) atoms. The Kier molecular flexibility index (Phi) is 5.64. The molecule has 0 bridgehead atoms. The Labute approximate surface area is 161 Å². The van der Waals surface area contributed by atoms with Crippen LogP contribution in [0.3, 0.4) is 0 Å². The minimum atomic E-state index is -4.61. The van der Waals surface area contributed by atoms with Crippen molar-refractivity contribution in [2.24, 2.45) is 0 Å². The van der Waals surface area contributed by atoms with Crippen molar-refractivity contribution in [1.82, 2.24) is 0 Å². The van der Waals surface area contributed by atoms with Gasteiger partial charge in [0.2, 0.25) is 0 Å². The molecule has 0 aromatic heterocycles. The summed E-state index contributed by atoms with van der Waals surface area (Å²) in [6, 6.07) is 11.3. The molecular formula is C22H19F3O3. The fourth-order valence-electron chi connectivity index (χ4n) is 3.26. The fourth-order valence-corrected chi connectivity index (χ4v) is 3.26. The summed E-state index contributed by atoms with van der Waals surface area (Å²) < 4.78 is 51.5. The maximum Gasteiger partial charge on any atom is 0.419 e. The topological polar surface area (TPSA) is 35.5 Å². The van der Waals surface area contributed by atoms with E-state index in [0.717, 1.165) is 31.0 Å². The Morgan fingerprint density at radius 2 is 1.75 bits per heavy atom. The molecule has 0 unspecified atom stereocenters. The van der Waals surface area contributed by atoms with E-state index in [4.69, 9.17) is 9.47 Å². The normalized spacial score (nSPS) is 15.4. The molecule has 1 aliphatic rings. The van der Waals surface area contributed by atoms with Crippen LogP contribution in [-0.4, -0.2) is 11.6 Å². The van der Waals surface area contributed by atoms with Gasteiger partial charge in [0.1, 0.15) is 11.5 Å². The third-order valence-corrected chi connectivity index (χ3v) is 4.55. The average molecular weight is 388 g/mol. The molecule has 2 aromatic rings. The van der Waals surface area contributed by atoms with Gasteiger partial charge in [-0.1, -0.05) is 24.1 Å². The number of hydrogen-bond donors (Lipinski definition) is 0. The summed E-state index contributed by atoms with van der Waals surface area (Å²) in [5.74, 6) is 4.81. The van der Waals surface area contributed by atoms with Crippen LogP contribution in [0.4, 0.5) is 13.2 Å². The van der Waals surface area contributed by atoms with Crippen LogP contribution in [0, 0.1) is 11.8 Å². The van der Waals surface area contributed by atoms with Crippen molar-refractivity contribution >= 4 is 5.97 Å². The Balaban J connectivity index is 1.95. The van der Waals surface area contributed by atoms with Crippen LogP contribution in [0.1, 0.15) is 48.5 Å². The number of halogens is 3. The summed E-state index contributed by atoms with van der Waals surface area (Å²) >= 11 is 0. The Morgan fingerprint density at radius 3 is 2.36 bits per heavy atom. The second-order valence-corrected chi connectivity index (χ2v) is 6.59. The standard InChI is InChI=1S/C22H19F3O3/c1-2-12-21(13-6-7-14-21)28-19-15-16(10-11-18(19)22(23,24)25)20(26)27-17-8-4-3-5-9-17/h3-5,8-11,15H,6-7,13-14H2,1H3. The molecule has 0 heterocycles. The summed E-state index contributed by atoms with van der Waals surface area (Å²) in [6.07, 6.45) is -1.87. The highest BCUT2D eigenvalue weighted by Gasteiger charge is 2.40. The molecule has 1 fully saturated rings. The summed E-state index contributed by atoms with van der Waals surface area (Å²) in [7, 11) is 0. The summed E-state index contributed by atoms with van der Waals surface area (Å²) in [5, 5.41) is 0. The van der Waals surface area contributed by atoms with Gasteiger partial charge in [-0.15, -0.1) is 5.92 Å². The van der Waals surface area contributed by atoms with Crippen LogP contribution in [0.5, 0.6) is 11.5 Å². The highest BCUT2D eigenvalue weighted by Crippen LogP contribution is 2.41. The van der Waals surface area contributed by atoms with Crippen LogP contribution >= 0.6 is 0 Å². The SMILES string of the molecule is CC#CC1(Oc2cc(C(=O)Oc3ccccc3)ccc2C(F)(F)F)CCCC1. The van der Waals surface area contributed by atoms with Gasteiger partial charge in [0.25, 0.3) is 0 Å². The van der Waals surface area contributed by atoms with Crippen LogP contribution in [0.25, 0.3) is 0 Å². The van der Waals surface area contributed by atoms with Gasteiger partial charge in [-0.3, -0.25) is 0 Å². The summed E-state index contributed by atoms with van der Waals surface area (Å²) in [4.78, 5) is 12.4. The third-order valence-electron chi connectivity index (χ3n) is 4.55. The molecule has 0 amide bonds. The number of carbonyl (C=O) groups is 1. The Bertz CT molecular complexity index is 902. The lowest BCUT2D eigenvalue weighted by Gasteiger charge is -2.27. The number of esters is 1. The predicted molar refractivity (Wildman–Crippen MR) is 98.1 cm³/mol. The molecule has 0 spiro atoms. The first-order valence-corrected chi connectivity index (χ1v) is 8.94. The molecule has 0 aliphatic heterocycles. The molecule has 3 nitrogen and oxygen atoms in total. The van der Waals surface area contributed by atoms with Crippen LogP contribution in [0.2, 0.25) is 0 Å². The van der Waals surface area contributed by atoms with Crippen molar-refractivity contribution in [3.8, 4) is 23.3 Å². The summed E-state index contributed by atoms with van der Waals surface area (Å²) in [5.41, 5.74) is -1.92. The molecule has 2 aromatic carbocycles. The van der Waals surface area contributed by atoms with Crippen LogP contribution < -0.4 is 9.47 Å².